The number of carbonyl (C=O) groups is 1. The maximum absolute atomic E-state index is 12.2. The first-order valence-electron chi connectivity index (χ1n) is 11.6. The van der Waals surface area contributed by atoms with Crippen LogP contribution >= 0.6 is 0 Å². The standard InChI is InChI=1S/C25H32N6O2/c1-19(5-6-20-7-9-22(33-2)10-8-20)30-15-12-24-29-28-23(31(24)17-16-30)11-14-27-25(32)21-4-3-13-26-18-21/h3-4,7-10,13,18-19H,5-6,11-12,14-17H2,1-2H3,(H,27,32)/t19-/m0/s1. The van der Waals surface area contributed by atoms with E-state index in [-0.39, 0.29) is 5.91 Å². The van der Waals surface area contributed by atoms with Gasteiger partial charge in [0.25, 0.3) is 5.91 Å². The average molecular weight is 449 g/mol. The maximum Gasteiger partial charge on any atom is 0.252 e. The fourth-order valence-corrected chi connectivity index (χ4v) is 4.26. The Morgan fingerprint density at radius 3 is 2.73 bits per heavy atom. The molecular formula is C25H32N6O2. The highest BCUT2D eigenvalue weighted by Gasteiger charge is 2.21. The minimum absolute atomic E-state index is 0.115. The van der Waals surface area contributed by atoms with E-state index in [4.69, 9.17) is 4.74 Å². The first-order chi connectivity index (χ1) is 16.1. The summed E-state index contributed by atoms with van der Waals surface area (Å²) in [6.45, 7) is 5.67. The summed E-state index contributed by atoms with van der Waals surface area (Å²) in [6, 6.07) is 12.4. The molecule has 1 aliphatic rings. The van der Waals surface area contributed by atoms with Crippen LogP contribution in [-0.4, -0.2) is 63.3 Å². The zero-order valence-corrected chi connectivity index (χ0v) is 19.4. The number of aryl methyl sites for hydroxylation is 1. The molecule has 8 nitrogen and oxygen atoms in total. The fourth-order valence-electron chi connectivity index (χ4n) is 4.26. The van der Waals surface area contributed by atoms with Crippen LogP contribution in [0, 0.1) is 0 Å². The van der Waals surface area contributed by atoms with Crippen LogP contribution in [0.1, 0.15) is 40.9 Å². The number of aromatic nitrogens is 4. The molecule has 0 bridgehead atoms. The third-order valence-corrected chi connectivity index (χ3v) is 6.33. The number of pyridine rings is 1. The number of methoxy groups -OCH3 is 1. The molecule has 1 atom stereocenters. The number of nitrogens with zero attached hydrogens (tertiary/aromatic N) is 5. The summed E-state index contributed by atoms with van der Waals surface area (Å²) in [4.78, 5) is 18.8. The van der Waals surface area contributed by atoms with E-state index < -0.39 is 0 Å². The Balaban J connectivity index is 1.26. The van der Waals surface area contributed by atoms with Crippen molar-refractivity contribution in [2.24, 2.45) is 0 Å². The number of hydrogen-bond acceptors (Lipinski definition) is 6. The highest BCUT2D eigenvalue weighted by atomic mass is 16.5. The van der Waals surface area contributed by atoms with Crippen molar-refractivity contribution in [3.8, 4) is 5.75 Å². The zero-order valence-electron chi connectivity index (χ0n) is 19.4. The minimum atomic E-state index is -0.115. The lowest BCUT2D eigenvalue weighted by Crippen LogP contribution is -2.36. The number of carbonyl (C=O) groups excluding carboxylic acids is 1. The van der Waals surface area contributed by atoms with E-state index in [0.717, 1.165) is 56.3 Å². The van der Waals surface area contributed by atoms with Crippen molar-refractivity contribution in [1.29, 1.82) is 0 Å². The normalized spacial score (nSPS) is 14.8. The minimum Gasteiger partial charge on any atom is -0.497 e. The van der Waals surface area contributed by atoms with E-state index >= 15 is 0 Å². The van der Waals surface area contributed by atoms with Gasteiger partial charge in [-0.2, -0.15) is 0 Å². The second-order valence-electron chi connectivity index (χ2n) is 8.45. The summed E-state index contributed by atoms with van der Waals surface area (Å²) in [5, 5.41) is 11.8. The van der Waals surface area contributed by atoms with Gasteiger partial charge >= 0.3 is 0 Å². The Bertz CT molecular complexity index is 1030. The van der Waals surface area contributed by atoms with Gasteiger partial charge in [-0.25, -0.2) is 0 Å². The molecule has 0 saturated carbocycles. The van der Waals surface area contributed by atoms with Gasteiger partial charge < -0.3 is 14.6 Å². The number of hydrogen-bond donors (Lipinski definition) is 1. The van der Waals surface area contributed by atoms with Gasteiger partial charge in [-0.15, -0.1) is 10.2 Å². The van der Waals surface area contributed by atoms with E-state index in [9.17, 15) is 4.79 Å². The smallest absolute Gasteiger partial charge is 0.252 e. The topological polar surface area (TPSA) is 85.2 Å². The third kappa shape index (κ3) is 5.96. The molecule has 174 valence electrons. The molecule has 0 spiro atoms. The summed E-state index contributed by atoms with van der Waals surface area (Å²) < 4.78 is 7.48. The van der Waals surface area contributed by atoms with Crippen LogP contribution in [-0.2, 0) is 25.8 Å². The van der Waals surface area contributed by atoms with Crippen molar-refractivity contribution >= 4 is 5.91 Å². The van der Waals surface area contributed by atoms with Gasteiger partial charge in [0.2, 0.25) is 0 Å². The van der Waals surface area contributed by atoms with E-state index in [0.29, 0.717) is 24.6 Å². The van der Waals surface area contributed by atoms with Crippen molar-refractivity contribution in [3.63, 3.8) is 0 Å². The Morgan fingerprint density at radius 2 is 1.97 bits per heavy atom. The van der Waals surface area contributed by atoms with Gasteiger partial charge in [-0.3, -0.25) is 14.7 Å². The molecule has 1 N–H and O–H groups in total. The van der Waals surface area contributed by atoms with Crippen LogP contribution in [0.15, 0.2) is 48.8 Å². The molecule has 2 aromatic heterocycles. The summed E-state index contributed by atoms with van der Waals surface area (Å²) in [7, 11) is 1.70. The molecule has 1 amide bonds. The Kier molecular flexibility index (Phi) is 7.67. The molecule has 0 unspecified atom stereocenters. The Labute approximate surface area is 195 Å². The second kappa shape index (κ2) is 11.0. The predicted octanol–water partition coefficient (Wildman–Crippen LogP) is 2.53. The van der Waals surface area contributed by atoms with Gasteiger partial charge in [-0.05, 0) is 49.6 Å². The fraction of sp³-hybridized carbons (Fsp3) is 0.440. The molecule has 3 aromatic rings. The lowest BCUT2D eigenvalue weighted by atomic mass is 10.0. The van der Waals surface area contributed by atoms with Crippen molar-refractivity contribution in [2.45, 2.75) is 45.2 Å². The monoisotopic (exact) mass is 448 g/mol. The Hall–Kier alpha value is -3.26. The van der Waals surface area contributed by atoms with Crippen molar-refractivity contribution < 1.29 is 9.53 Å². The predicted molar refractivity (Wildman–Crippen MR) is 126 cm³/mol. The van der Waals surface area contributed by atoms with Crippen LogP contribution in [0.3, 0.4) is 0 Å². The molecule has 8 heteroatoms. The molecular weight excluding hydrogens is 416 g/mol. The Morgan fingerprint density at radius 1 is 1.12 bits per heavy atom. The summed E-state index contributed by atoms with van der Waals surface area (Å²) in [5.41, 5.74) is 1.90. The van der Waals surface area contributed by atoms with Crippen LogP contribution in [0.2, 0.25) is 0 Å². The molecule has 0 aliphatic carbocycles. The molecule has 1 aromatic carbocycles. The highest BCUT2D eigenvalue weighted by Crippen LogP contribution is 2.17. The van der Waals surface area contributed by atoms with Gasteiger partial charge in [0.05, 0.1) is 12.7 Å². The number of nitrogens with one attached hydrogen (secondary N) is 1. The number of benzene rings is 1. The molecule has 3 heterocycles. The van der Waals surface area contributed by atoms with Crippen LogP contribution in [0.5, 0.6) is 5.75 Å². The summed E-state index contributed by atoms with van der Waals surface area (Å²) >= 11 is 0. The van der Waals surface area contributed by atoms with E-state index in [1.807, 2.05) is 12.1 Å². The van der Waals surface area contributed by atoms with E-state index in [1.54, 1.807) is 31.6 Å². The van der Waals surface area contributed by atoms with Crippen molar-refractivity contribution in [2.75, 3.05) is 26.7 Å². The zero-order chi connectivity index (χ0) is 23.0. The van der Waals surface area contributed by atoms with Gasteiger partial charge in [0.15, 0.2) is 0 Å². The number of ether oxygens (including phenoxy) is 1. The van der Waals surface area contributed by atoms with Gasteiger partial charge in [-0.1, -0.05) is 12.1 Å². The van der Waals surface area contributed by atoms with E-state index in [1.165, 1.54) is 5.56 Å². The number of amides is 1. The van der Waals surface area contributed by atoms with Gasteiger partial charge in [0, 0.05) is 57.5 Å². The van der Waals surface area contributed by atoms with Crippen molar-refractivity contribution in [3.05, 3.63) is 71.6 Å². The average Bonchev–Trinajstić information content (AvgIpc) is 3.11. The lowest BCUT2D eigenvalue weighted by Gasteiger charge is -2.27. The molecule has 33 heavy (non-hydrogen) atoms. The maximum atomic E-state index is 12.2. The number of fused-ring (bicyclic) bond motifs is 1. The summed E-state index contributed by atoms with van der Waals surface area (Å²) in [6.07, 6.45) is 6.94. The second-order valence-corrected chi connectivity index (χ2v) is 8.45. The van der Waals surface area contributed by atoms with Crippen molar-refractivity contribution in [1.82, 2.24) is 30.0 Å². The van der Waals surface area contributed by atoms with Crippen LogP contribution < -0.4 is 10.1 Å². The van der Waals surface area contributed by atoms with Gasteiger partial charge in [0.1, 0.15) is 17.4 Å². The molecule has 1 aliphatic heterocycles. The van der Waals surface area contributed by atoms with Crippen LogP contribution in [0.25, 0.3) is 0 Å². The SMILES string of the molecule is COc1ccc(CC[C@H](C)N2CCc3nnc(CCNC(=O)c4cccnc4)n3CC2)cc1. The third-order valence-electron chi connectivity index (χ3n) is 6.33. The molecule has 0 fully saturated rings. The number of rotatable bonds is 9. The summed E-state index contributed by atoms with van der Waals surface area (Å²) in [5.74, 6) is 2.75. The van der Waals surface area contributed by atoms with Crippen LogP contribution in [0.4, 0.5) is 0 Å². The molecule has 4 rings (SSSR count). The largest absolute Gasteiger partial charge is 0.497 e. The quantitative estimate of drug-likeness (QED) is 0.542. The molecule has 0 saturated heterocycles. The van der Waals surface area contributed by atoms with E-state index in [2.05, 4.69) is 49.0 Å². The lowest BCUT2D eigenvalue weighted by molar-refractivity contribution is 0.0953. The highest BCUT2D eigenvalue weighted by molar-refractivity contribution is 5.93. The molecule has 0 radical (unpaired) electrons. The first-order valence-corrected chi connectivity index (χ1v) is 11.6. The first kappa shape index (κ1) is 22.9.